The van der Waals surface area contributed by atoms with Crippen LogP contribution >= 0.6 is 0 Å². The number of carboxylic acid groups (broad SMARTS) is 1. The van der Waals surface area contributed by atoms with Gasteiger partial charge in [0, 0.05) is 6.54 Å². The molecule has 1 aliphatic heterocycles. The molecule has 1 aliphatic rings. The average Bonchev–Trinajstić information content (AvgIpc) is 2.84. The second-order valence-corrected chi connectivity index (χ2v) is 12.6. The summed E-state index contributed by atoms with van der Waals surface area (Å²) in [5.41, 5.74) is -2.86. The average molecular weight is 593 g/mol. The highest BCUT2D eigenvalue weighted by Gasteiger charge is 2.50. The zero-order chi connectivity index (χ0) is 31.7. The zero-order valence-corrected chi connectivity index (χ0v) is 25.2. The Bertz CT molecular complexity index is 1070. The number of piperidine rings is 1. The Morgan fingerprint density at radius 3 is 2.17 bits per heavy atom. The smallest absolute Gasteiger partial charge is 0.451 e. The number of ether oxygens (including phenoxy) is 3. The number of hydrogen-bond donors (Lipinski definition) is 5. The first-order valence-corrected chi connectivity index (χ1v) is 13.9. The monoisotopic (exact) mass is 593 g/mol. The minimum atomic E-state index is -1.94. The highest BCUT2D eigenvalue weighted by molar-refractivity contribution is 6.40. The largest absolute Gasteiger partial charge is 0.479 e. The summed E-state index contributed by atoms with van der Waals surface area (Å²) in [5, 5.41) is 34.1. The van der Waals surface area contributed by atoms with Gasteiger partial charge >= 0.3 is 25.3 Å². The molecule has 0 aromatic heterocycles. The number of carboxylic acids is 1. The van der Waals surface area contributed by atoms with Crippen molar-refractivity contribution in [1.29, 1.82) is 0 Å². The van der Waals surface area contributed by atoms with Crippen molar-refractivity contribution in [3.05, 3.63) is 35.9 Å². The fourth-order valence-electron chi connectivity index (χ4n) is 4.58. The van der Waals surface area contributed by atoms with Crippen LogP contribution in [0.5, 0.6) is 0 Å². The van der Waals surface area contributed by atoms with Gasteiger partial charge in [0.2, 0.25) is 5.91 Å². The van der Waals surface area contributed by atoms with Gasteiger partial charge in [-0.05, 0) is 65.8 Å². The third-order valence-corrected chi connectivity index (χ3v) is 6.26. The Morgan fingerprint density at radius 1 is 1.02 bits per heavy atom. The summed E-state index contributed by atoms with van der Waals surface area (Å²) in [5.74, 6) is -2.58. The van der Waals surface area contributed by atoms with Crippen LogP contribution in [-0.4, -0.2) is 93.7 Å². The number of alkyl carbamates (subject to hydrolysis) is 2. The van der Waals surface area contributed by atoms with Gasteiger partial charge in [-0.25, -0.2) is 14.4 Å². The summed E-state index contributed by atoms with van der Waals surface area (Å²) < 4.78 is 16.4. The van der Waals surface area contributed by atoms with E-state index in [1.54, 1.807) is 41.5 Å². The van der Waals surface area contributed by atoms with Gasteiger partial charge in [0.15, 0.2) is 5.54 Å². The van der Waals surface area contributed by atoms with Crippen molar-refractivity contribution in [2.75, 3.05) is 19.7 Å². The molecule has 1 fully saturated rings. The highest BCUT2D eigenvalue weighted by atomic mass is 16.6. The number of hydrogen-bond acceptors (Lipinski definition) is 9. The number of likely N-dealkylation sites (tertiary alicyclic amines) is 1. The first kappa shape index (κ1) is 34.8. The van der Waals surface area contributed by atoms with Crippen molar-refractivity contribution >= 4 is 31.2 Å². The number of carbonyl (C=O) groups excluding carboxylic acids is 3. The van der Waals surface area contributed by atoms with Crippen molar-refractivity contribution in [2.45, 2.75) is 90.1 Å². The van der Waals surface area contributed by atoms with E-state index in [0.717, 1.165) is 5.56 Å². The Balaban J connectivity index is 2.35. The van der Waals surface area contributed by atoms with E-state index in [1.807, 2.05) is 30.3 Å². The highest BCUT2D eigenvalue weighted by Crippen LogP contribution is 2.31. The second kappa shape index (κ2) is 14.7. The number of rotatable bonds is 11. The fraction of sp³-hybridized carbons (Fsp3) is 0.643. The number of carbonyl (C=O) groups is 4. The third kappa shape index (κ3) is 11.9. The SMILES string of the molecule is CC(C)(C)OC(=O)N[C@@H](COCc1ccccc1)C(=O)N1C[C@@H](CCB(O)O)C[C@](NC(=O)OC(C)(C)C)(C(=O)O)C1. The molecule has 3 amide bonds. The van der Waals surface area contributed by atoms with Gasteiger partial charge in [-0.3, -0.25) is 4.79 Å². The third-order valence-electron chi connectivity index (χ3n) is 6.26. The summed E-state index contributed by atoms with van der Waals surface area (Å²) in [7, 11) is -1.64. The molecule has 2 rings (SSSR count). The lowest BCUT2D eigenvalue weighted by molar-refractivity contribution is -0.152. The second-order valence-electron chi connectivity index (χ2n) is 12.6. The molecule has 1 aromatic carbocycles. The molecule has 3 atom stereocenters. The Morgan fingerprint density at radius 2 is 1.62 bits per heavy atom. The van der Waals surface area contributed by atoms with Crippen LogP contribution in [0.15, 0.2) is 30.3 Å². The van der Waals surface area contributed by atoms with E-state index in [0.29, 0.717) is 0 Å². The van der Waals surface area contributed by atoms with E-state index >= 15 is 0 Å². The van der Waals surface area contributed by atoms with Crippen LogP contribution in [0.25, 0.3) is 0 Å². The number of nitrogens with zero attached hydrogens (tertiary/aromatic N) is 1. The van der Waals surface area contributed by atoms with Crippen molar-refractivity contribution < 1.29 is 48.5 Å². The van der Waals surface area contributed by atoms with E-state index in [9.17, 15) is 34.3 Å². The molecule has 14 heteroatoms. The summed E-state index contributed by atoms with van der Waals surface area (Å²) >= 11 is 0. The molecular weight excluding hydrogens is 549 g/mol. The lowest BCUT2D eigenvalue weighted by Gasteiger charge is -2.45. The lowest BCUT2D eigenvalue weighted by Crippen LogP contribution is -2.68. The van der Waals surface area contributed by atoms with Gasteiger partial charge in [0.05, 0.1) is 19.8 Å². The zero-order valence-electron chi connectivity index (χ0n) is 25.2. The van der Waals surface area contributed by atoms with Gasteiger partial charge < -0.3 is 44.9 Å². The fourth-order valence-corrected chi connectivity index (χ4v) is 4.58. The molecule has 0 bridgehead atoms. The van der Waals surface area contributed by atoms with E-state index in [-0.39, 0.29) is 38.9 Å². The van der Waals surface area contributed by atoms with Crippen LogP contribution in [0.2, 0.25) is 6.32 Å². The van der Waals surface area contributed by atoms with Gasteiger partial charge in [0.25, 0.3) is 0 Å². The molecule has 42 heavy (non-hydrogen) atoms. The van der Waals surface area contributed by atoms with E-state index in [1.165, 1.54) is 4.90 Å². The maximum absolute atomic E-state index is 13.9. The van der Waals surface area contributed by atoms with Crippen molar-refractivity contribution in [3.63, 3.8) is 0 Å². The number of benzene rings is 1. The molecule has 0 saturated carbocycles. The Hall–Kier alpha value is -3.36. The normalized spacial score (nSPS) is 19.8. The van der Waals surface area contributed by atoms with Gasteiger partial charge in [-0.1, -0.05) is 36.8 Å². The molecule has 5 N–H and O–H groups in total. The van der Waals surface area contributed by atoms with Crippen LogP contribution in [0.3, 0.4) is 0 Å². The lowest BCUT2D eigenvalue weighted by atomic mass is 9.75. The molecule has 1 saturated heterocycles. The molecule has 13 nitrogen and oxygen atoms in total. The number of aliphatic carboxylic acids is 1. The molecule has 1 aromatic rings. The maximum atomic E-state index is 13.9. The molecule has 0 aliphatic carbocycles. The van der Waals surface area contributed by atoms with Gasteiger partial charge in [-0.15, -0.1) is 0 Å². The standard InChI is InChI=1S/C28H44BN3O10/c1-26(2,3)41-24(36)30-21(17-40-16-19-10-8-7-9-11-19)22(33)32-15-20(12-13-29(38)39)14-28(18-32,23(34)35)31-25(37)42-27(4,5)6/h7-11,20-21,38-39H,12-18H2,1-6H3,(H,30,36)(H,31,37)(H,34,35)/t20-,21-,28+/m0/s1. The predicted molar refractivity (Wildman–Crippen MR) is 153 cm³/mol. The quantitative estimate of drug-likeness (QED) is 0.238. The van der Waals surface area contributed by atoms with Gasteiger partial charge in [-0.2, -0.15) is 0 Å². The summed E-state index contributed by atoms with van der Waals surface area (Å²) in [6.45, 7) is 9.42. The molecule has 0 spiro atoms. The number of nitrogens with one attached hydrogen (secondary N) is 2. The first-order chi connectivity index (χ1) is 19.4. The van der Waals surface area contributed by atoms with E-state index in [4.69, 9.17) is 14.2 Å². The van der Waals surface area contributed by atoms with Crippen LogP contribution in [0.1, 0.15) is 59.9 Å². The summed E-state index contributed by atoms with van der Waals surface area (Å²) in [4.78, 5) is 53.1. The minimum absolute atomic E-state index is 0.0434. The van der Waals surface area contributed by atoms with E-state index < -0.39 is 66.4 Å². The molecule has 1 heterocycles. The minimum Gasteiger partial charge on any atom is -0.479 e. The predicted octanol–water partition coefficient (Wildman–Crippen LogP) is 2.16. The molecule has 0 unspecified atom stereocenters. The first-order valence-electron chi connectivity index (χ1n) is 13.9. The van der Waals surface area contributed by atoms with Crippen LogP contribution < -0.4 is 10.6 Å². The van der Waals surface area contributed by atoms with Crippen LogP contribution in [0, 0.1) is 5.92 Å². The van der Waals surface area contributed by atoms with Gasteiger partial charge in [0.1, 0.15) is 17.2 Å². The van der Waals surface area contributed by atoms with Crippen molar-refractivity contribution in [2.24, 2.45) is 5.92 Å². The van der Waals surface area contributed by atoms with E-state index in [2.05, 4.69) is 10.6 Å². The van der Waals surface area contributed by atoms with Crippen LogP contribution in [-0.2, 0) is 30.4 Å². The molecule has 234 valence electrons. The number of amides is 3. The molecular formula is C28H44BN3O10. The Kier molecular flexibility index (Phi) is 12.2. The topological polar surface area (TPSA) is 184 Å². The maximum Gasteiger partial charge on any atom is 0.451 e. The molecule has 0 radical (unpaired) electrons. The van der Waals surface area contributed by atoms with Crippen LogP contribution in [0.4, 0.5) is 9.59 Å². The van der Waals surface area contributed by atoms with Crippen molar-refractivity contribution in [3.8, 4) is 0 Å². The summed E-state index contributed by atoms with van der Waals surface area (Å²) in [6, 6.07) is 7.95. The summed E-state index contributed by atoms with van der Waals surface area (Å²) in [6.07, 6.45) is -1.85. The Labute approximate surface area is 247 Å². The van der Waals surface area contributed by atoms with Crippen molar-refractivity contribution in [1.82, 2.24) is 15.5 Å².